The number of amides is 6. The van der Waals surface area contributed by atoms with Crippen molar-refractivity contribution in [3.8, 4) is 59.2 Å². The summed E-state index contributed by atoms with van der Waals surface area (Å²) in [6.07, 6.45) is -1.31. The number of aryl methyl sites for hydroxylation is 4. The average molecular weight is 1590 g/mol. The van der Waals surface area contributed by atoms with Crippen LogP contribution < -0.4 is 0 Å². The fourth-order valence-corrected chi connectivity index (χ4v) is 12.5. The number of hydrogen-bond donors (Lipinski definition) is 0. The van der Waals surface area contributed by atoms with Gasteiger partial charge in [0.1, 0.15) is 11.2 Å². The highest BCUT2D eigenvalue weighted by molar-refractivity contribution is 5.74. The van der Waals surface area contributed by atoms with Crippen LogP contribution in [-0.2, 0) is 84.4 Å². The first-order valence-corrected chi connectivity index (χ1v) is 38.9. The molecule has 0 spiro atoms. The van der Waals surface area contributed by atoms with Crippen molar-refractivity contribution in [3.05, 3.63) is 236 Å². The predicted octanol–water partition coefficient (Wildman–Crippen LogP) is 10.6. The van der Waals surface area contributed by atoms with E-state index in [0.717, 1.165) is 56.9 Å². The molecule has 0 saturated carbocycles. The lowest BCUT2D eigenvalue weighted by atomic mass is 10.1. The second-order valence-electron chi connectivity index (χ2n) is 30.1. The number of fused-ring (bicyclic) bond motifs is 5. The van der Waals surface area contributed by atoms with Crippen molar-refractivity contribution >= 4 is 30.4 Å². The van der Waals surface area contributed by atoms with Crippen LogP contribution in [0.1, 0.15) is 164 Å². The molecule has 5 aliphatic heterocycles. The van der Waals surface area contributed by atoms with Crippen LogP contribution in [0.15, 0.2) is 127 Å². The van der Waals surface area contributed by atoms with E-state index in [1.807, 2.05) is 226 Å². The molecule has 0 radical (unpaired) electrons. The molecule has 5 aliphatic rings. The monoisotopic (exact) mass is 1590 g/mol. The summed E-state index contributed by atoms with van der Waals surface area (Å²) < 4.78 is 30.4. The summed E-state index contributed by atoms with van der Waals surface area (Å²) in [4.78, 5) is 69.9. The van der Waals surface area contributed by atoms with Gasteiger partial charge >= 0.3 is 30.4 Å². The number of methoxy groups -OCH3 is 1. The van der Waals surface area contributed by atoms with Crippen molar-refractivity contribution in [2.45, 2.75) is 160 Å². The second kappa shape index (κ2) is 39.3. The van der Waals surface area contributed by atoms with Gasteiger partial charge in [0.15, 0.2) is 29.1 Å². The third-order valence-electron chi connectivity index (χ3n) is 18.5. The van der Waals surface area contributed by atoms with Crippen LogP contribution in [0.4, 0.5) is 24.0 Å². The topological polar surface area (TPSA) is 295 Å². The van der Waals surface area contributed by atoms with E-state index >= 15 is 0 Å². The van der Waals surface area contributed by atoms with E-state index in [1.165, 1.54) is 29.4 Å². The van der Waals surface area contributed by atoms with E-state index in [2.05, 4.69) is 110 Å². The first-order chi connectivity index (χ1) is 56.7. The molecule has 0 unspecified atom stereocenters. The SMILES string of the molecule is CC(C)(C)OC(=O)N1CCn2c(C#Cc3ccccc3)nnc2C1.CCN(C)C(=O)N1CCn2c(C#Cc3cccc(C)c3)nnc2C1.CCOC(=O)N1CCn2c(C#Cc3cccc(C)c3)nnc2C1.COC(=O)N1CCn2c(C#Cc3cccc(C)c3)nnc2C1.Cc1cccc(C#Cc2nnc3n2CCN(C(=O)OC(C)(C)C)C3)c1. The molecule has 0 saturated heterocycles. The van der Waals surface area contributed by atoms with Gasteiger partial charge in [-0.1, -0.05) is 96.3 Å². The summed E-state index contributed by atoms with van der Waals surface area (Å²) in [5.41, 5.74) is 8.42. The third kappa shape index (κ3) is 23.6. The molecule has 0 aliphatic carbocycles. The zero-order valence-corrected chi connectivity index (χ0v) is 69.2. The Morgan fingerprint density at radius 2 is 0.619 bits per heavy atom. The minimum atomic E-state index is -0.507. The van der Waals surface area contributed by atoms with Crippen molar-refractivity contribution in [2.24, 2.45) is 0 Å². The molecule has 0 N–H and O–H groups in total. The molecule has 10 heterocycles. The first-order valence-electron chi connectivity index (χ1n) is 38.9. The fourth-order valence-electron chi connectivity index (χ4n) is 12.5. The van der Waals surface area contributed by atoms with E-state index in [9.17, 15) is 24.0 Å². The van der Waals surface area contributed by atoms with Crippen molar-refractivity contribution in [2.75, 3.05) is 60.0 Å². The number of hydrogen-bond acceptors (Lipinski definition) is 19. The van der Waals surface area contributed by atoms with Crippen LogP contribution in [0.5, 0.6) is 0 Å². The van der Waals surface area contributed by atoms with Gasteiger partial charge in [-0.15, -0.1) is 51.0 Å². The Morgan fingerprint density at radius 1 is 0.347 bits per heavy atom. The van der Waals surface area contributed by atoms with E-state index in [-0.39, 0.29) is 30.4 Å². The molecule has 608 valence electrons. The third-order valence-corrected chi connectivity index (χ3v) is 18.5. The number of aromatic nitrogens is 15. The van der Waals surface area contributed by atoms with Crippen LogP contribution in [0, 0.1) is 86.9 Å². The Hall–Kier alpha value is -14.1. The number of carbonyl (C=O) groups excluding carboxylic acids is 5. The minimum Gasteiger partial charge on any atom is -0.453 e. The molecule has 0 fully saturated rings. The van der Waals surface area contributed by atoms with E-state index in [1.54, 1.807) is 43.4 Å². The standard InChI is InChI=1S/C19H22N4O2.C18H21N5O.C18H20N4O2.C17H18N4O2.C16H16N4O2/c1-14-6-5-7-15(12-14)8-9-16-20-21-17-13-22(10-11-23(16)17)18(24)25-19(2,3)4;1-4-21(3)18(24)22-10-11-23-16(19-20-17(23)13-22)9-8-15-7-5-6-14(2)12-15;1-18(2,3)24-17(23)21-11-12-22-15(19-20-16(22)13-21)10-9-14-7-5-4-6-8-14;1-3-23-17(22)20-9-10-21-15(18-19-16(21)12-20)8-7-14-6-4-5-13(2)11-14;1-12-4-3-5-13(10-12)6-7-14-17-18-15-11-19(16(21)22-2)8-9-20(14)15/h5-7,12H,10-11,13H2,1-4H3;5-7,12H,4,10-11,13H2,1-3H3;4-8H,11-13H2,1-3H3;4-6,11H,3,9-10,12H2,1-2H3;3-5,10H,8-9,11H2,1-2H3. The molecule has 0 atom stereocenters. The van der Waals surface area contributed by atoms with Gasteiger partial charge < -0.3 is 51.6 Å². The summed E-state index contributed by atoms with van der Waals surface area (Å²) in [6, 6.07) is 41.9. The molecule has 30 heteroatoms. The molecule has 118 heavy (non-hydrogen) atoms. The van der Waals surface area contributed by atoms with Crippen LogP contribution in [0.3, 0.4) is 0 Å². The number of benzene rings is 5. The molecule has 6 amide bonds. The number of urea groups is 1. The maximum atomic E-state index is 12.3. The Balaban J connectivity index is 0.000000145. The van der Waals surface area contributed by atoms with Gasteiger partial charge in [0.25, 0.3) is 0 Å². The lowest BCUT2D eigenvalue weighted by Crippen LogP contribution is -2.45. The number of rotatable bonds is 2. The maximum Gasteiger partial charge on any atom is 0.410 e. The van der Waals surface area contributed by atoms with Crippen LogP contribution >= 0.6 is 0 Å². The molecule has 10 aromatic rings. The highest BCUT2D eigenvalue weighted by Crippen LogP contribution is 2.22. The van der Waals surface area contributed by atoms with Crippen molar-refractivity contribution < 1.29 is 42.9 Å². The van der Waals surface area contributed by atoms with Gasteiger partial charge in [0, 0.05) is 107 Å². The fraction of sp³-hybridized carbons (Fsp3) is 0.375. The minimum absolute atomic E-state index is 0.0270. The van der Waals surface area contributed by atoms with Gasteiger partial charge in [0.2, 0.25) is 29.1 Å². The van der Waals surface area contributed by atoms with Crippen LogP contribution in [0.25, 0.3) is 0 Å². The smallest absolute Gasteiger partial charge is 0.410 e. The maximum absolute atomic E-state index is 12.3. The summed E-state index contributed by atoms with van der Waals surface area (Å²) >= 11 is 0. The quantitative estimate of drug-likeness (QED) is 0.115. The number of ether oxygens (including phenoxy) is 4. The van der Waals surface area contributed by atoms with Gasteiger partial charge in [-0.05, 0) is 196 Å². The van der Waals surface area contributed by atoms with Gasteiger partial charge in [0.05, 0.1) is 46.4 Å². The average Bonchev–Trinajstić information content (AvgIpc) is 1.67. The largest absolute Gasteiger partial charge is 0.453 e. The van der Waals surface area contributed by atoms with E-state index in [4.69, 9.17) is 18.9 Å². The van der Waals surface area contributed by atoms with Gasteiger partial charge in [-0.2, -0.15) is 0 Å². The highest BCUT2D eigenvalue weighted by atomic mass is 16.6. The zero-order valence-electron chi connectivity index (χ0n) is 69.2. The molecular formula is C88H97N21O9. The number of nitrogens with zero attached hydrogens (tertiary/aromatic N) is 21. The molecule has 5 aromatic carbocycles. The van der Waals surface area contributed by atoms with Crippen molar-refractivity contribution in [3.63, 3.8) is 0 Å². The number of carbonyl (C=O) groups is 5. The lowest BCUT2D eigenvalue weighted by molar-refractivity contribution is 0.0185. The van der Waals surface area contributed by atoms with E-state index in [0.29, 0.717) is 140 Å². The first kappa shape index (κ1) is 84.8. The highest BCUT2D eigenvalue weighted by Gasteiger charge is 2.32. The lowest BCUT2D eigenvalue weighted by Gasteiger charge is -2.30. The van der Waals surface area contributed by atoms with Crippen LogP contribution in [0.2, 0.25) is 0 Å². The summed E-state index contributed by atoms with van der Waals surface area (Å²) in [5.74, 6) is 37.8. The van der Waals surface area contributed by atoms with Gasteiger partial charge in [-0.25, -0.2) is 24.0 Å². The zero-order chi connectivity index (χ0) is 84.0. The second-order valence-corrected chi connectivity index (χ2v) is 30.1. The molecule has 0 bridgehead atoms. The Morgan fingerprint density at radius 3 is 0.898 bits per heavy atom. The van der Waals surface area contributed by atoms with Crippen molar-refractivity contribution in [1.82, 2.24) is 103 Å². The summed E-state index contributed by atoms with van der Waals surface area (Å²) in [5, 5.41) is 41.5. The van der Waals surface area contributed by atoms with Crippen molar-refractivity contribution in [1.29, 1.82) is 0 Å². The molecule has 30 nitrogen and oxygen atoms in total. The Labute approximate surface area is 687 Å². The predicted molar refractivity (Wildman–Crippen MR) is 439 cm³/mol. The molecular weight excluding hydrogens is 1500 g/mol. The Bertz CT molecular complexity index is 5610. The molecule has 15 rings (SSSR count). The van der Waals surface area contributed by atoms with Gasteiger partial charge in [-0.3, -0.25) is 19.6 Å². The van der Waals surface area contributed by atoms with Crippen LogP contribution in [-0.4, -0.2) is 205 Å². The van der Waals surface area contributed by atoms with E-state index < -0.39 is 11.2 Å². The normalized spacial score (nSPS) is 13.3. The molecule has 5 aromatic heterocycles. The summed E-state index contributed by atoms with van der Waals surface area (Å²) in [6.45, 7) is 32.2. The summed E-state index contributed by atoms with van der Waals surface area (Å²) in [7, 11) is 3.18. The Kier molecular flexibility index (Phi) is 28.3.